The summed E-state index contributed by atoms with van der Waals surface area (Å²) in [6, 6.07) is 0.700. The van der Waals surface area contributed by atoms with Gasteiger partial charge >= 0.3 is 0 Å². The van der Waals surface area contributed by atoms with Crippen LogP contribution in [-0.4, -0.2) is 39.5 Å². The molecule has 1 saturated carbocycles. The lowest BCUT2D eigenvalue weighted by Gasteiger charge is -2.17. The second-order valence-electron chi connectivity index (χ2n) is 5.16. The van der Waals surface area contributed by atoms with E-state index in [-0.39, 0.29) is 0 Å². The zero-order valence-electron chi connectivity index (χ0n) is 10.3. The lowest BCUT2D eigenvalue weighted by atomic mass is 9.92. The van der Waals surface area contributed by atoms with Crippen molar-refractivity contribution in [2.24, 2.45) is 5.41 Å². The van der Waals surface area contributed by atoms with E-state index in [9.17, 15) is 0 Å². The number of ether oxygens (including phenoxy) is 2. The molecule has 0 aromatic heterocycles. The van der Waals surface area contributed by atoms with Crippen molar-refractivity contribution in [3.63, 3.8) is 0 Å². The summed E-state index contributed by atoms with van der Waals surface area (Å²) in [6.45, 7) is 7.85. The quantitative estimate of drug-likeness (QED) is 0.657. The van der Waals surface area contributed by atoms with E-state index < -0.39 is 0 Å². The van der Waals surface area contributed by atoms with Crippen molar-refractivity contribution in [2.75, 3.05) is 33.5 Å². The van der Waals surface area contributed by atoms with Crippen molar-refractivity contribution in [3.8, 4) is 0 Å². The molecule has 3 nitrogen and oxygen atoms in total. The number of hydrogen-bond acceptors (Lipinski definition) is 3. The molecule has 0 heterocycles. The minimum atomic E-state index is 0.536. The van der Waals surface area contributed by atoms with Gasteiger partial charge < -0.3 is 14.8 Å². The Morgan fingerprint density at radius 3 is 2.67 bits per heavy atom. The Bertz CT molecular complexity index is 171. The maximum Gasteiger partial charge on any atom is 0.0700 e. The first kappa shape index (κ1) is 12.9. The summed E-state index contributed by atoms with van der Waals surface area (Å²) >= 11 is 0. The number of methoxy groups -OCH3 is 1. The molecule has 0 aliphatic heterocycles. The molecule has 0 spiro atoms. The molecule has 0 bridgehead atoms. The van der Waals surface area contributed by atoms with Crippen molar-refractivity contribution in [1.29, 1.82) is 0 Å². The van der Waals surface area contributed by atoms with Crippen molar-refractivity contribution < 1.29 is 9.47 Å². The highest BCUT2D eigenvalue weighted by Crippen LogP contribution is 2.36. The monoisotopic (exact) mass is 215 g/mol. The van der Waals surface area contributed by atoms with Gasteiger partial charge in [0.25, 0.3) is 0 Å². The molecule has 1 atom stereocenters. The fraction of sp³-hybridized carbons (Fsp3) is 1.00. The SMILES string of the molecule is COCCOCCNC1CCC(C)(C)C1. The highest BCUT2D eigenvalue weighted by molar-refractivity contribution is 4.86. The summed E-state index contributed by atoms with van der Waals surface area (Å²) in [5.41, 5.74) is 0.536. The maximum absolute atomic E-state index is 5.40. The van der Waals surface area contributed by atoms with Crippen LogP contribution in [0.3, 0.4) is 0 Å². The topological polar surface area (TPSA) is 30.5 Å². The second kappa shape index (κ2) is 6.46. The summed E-state index contributed by atoms with van der Waals surface area (Å²) in [5.74, 6) is 0. The van der Waals surface area contributed by atoms with Gasteiger partial charge in [-0.3, -0.25) is 0 Å². The van der Waals surface area contributed by atoms with Crippen LogP contribution < -0.4 is 5.32 Å². The summed E-state index contributed by atoms with van der Waals surface area (Å²) in [6.07, 6.45) is 3.95. The number of nitrogens with one attached hydrogen (secondary N) is 1. The highest BCUT2D eigenvalue weighted by Gasteiger charge is 2.30. The summed E-state index contributed by atoms with van der Waals surface area (Å²) in [7, 11) is 1.70. The predicted octanol–water partition coefficient (Wildman–Crippen LogP) is 1.82. The Balaban J connectivity index is 1.93. The van der Waals surface area contributed by atoms with E-state index in [1.807, 2.05) is 0 Å². The first-order valence-corrected chi connectivity index (χ1v) is 5.94. The molecule has 0 aromatic rings. The van der Waals surface area contributed by atoms with Gasteiger partial charge in [0.2, 0.25) is 0 Å². The van der Waals surface area contributed by atoms with Crippen LogP contribution in [-0.2, 0) is 9.47 Å². The van der Waals surface area contributed by atoms with Crippen LogP contribution in [0.1, 0.15) is 33.1 Å². The van der Waals surface area contributed by atoms with E-state index in [0.717, 1.165) is 13.2 Å². The van der Waals surface area contributed by atoms with Crippen molar-refractivity contribution in [1.82, 2.24) is 5.32 Å². The molecule has 15 heavy (non-hydrogen) atoms. The smallest absolute Gasteiger partial charge is 0.0700 e. The van der Waals surface area contributed by atoms with E-state index in [1.165, 1.54) is 19.3 Å². The fourth-order valence-electron chi connectivity index (χ4n) is 2.19. The van der Waals surface area contributed by atoms with Crippen molar-refractivity contribution in [3.05, 3.63) is 0 Å². The fourth-order valence-corrected chi connectivity index (χ4v) is 2.19. The lowest BCUT2D eigenvalue weighted by molar-refractivity contribution is 0.0710. The van der Waals surface area contributed by atoms with Gasteiger partial charge in [-0.1, -0.05) is 13.8 Å². The van der Waals surface area contributed by atoms with E-state index in [0.29, 0.717) is 24.7 Å². The van der Waals surface area contributed by atoms with Crippen LogP contribution in [0.25, 0.3) is 0 Å². The Morgan fingerprint density at radius 2 is 2.07 bits per heavy atom. The van der Waals surface area contributed by atoms with Crippen LogP contribution in [0.5, 0.6) is 0 Å². The molecule has 1 fully saturated rings. The Morgan fingerprint density at radius 1 is 1.27 bits per heavy atom. The van der Waals surface area contributed by atoms with Gasteiger partial charge in [-0.25, -0.2) is 0 Å². The molecule has 0 saturated heterocycles. The van der Waals surface area contributed by atoms with Gasteiger partial charge in [-0.2, -0.15) is 0 Å². The van der Waals surface area contributed by atoms with Crippen LogP contribution >= 0.6 is 0 Å². The molecule has 1 aliphatic carbocycles. The third-order valence-corrected chi connectivity index (χ3v) is 3.08. The molecule has 3 heteroatoms. The average molecular weight is 215 g/mol. The summed E-state index contributed by atoms with van der Waals surface area (Å²) in [4.78, 5) is 0. The molecular weight excluding hydrogens is 190 g/mol. The first-order chi connectivity index (χ1) is 7.14. The standard InChI is InChI=1S/C12H25NO2/c1-12(2)5-4-11(10-12)13-6-7-15-9-8-14-3/h11,13H,4-10H2,1-3H3. The van der Waals surface area contributed by atoms with Crippen LogP contribution in [0.4, 0.5) is 0 Å². The predicted molar refractivity (Wildman–Crippen MR) is 62.1 cm³/mol. The third-order valence-electron chi connectivity index (χ3n) is 3.08. The molecule has 1 N–H and O–H groups in total. The van der Waals surface area contributed by atoms with E-state index in [1.54, 1.807) is 7.11 Å². The van der Waals surface area contributed by atoms with Crippen LogP contribution in [0, 0.1) is 5.41 Å². The van der Waals surface area contributed by atoms with E-state index >= 15 is 0 Å². The molecule has 1 unspecified atom stereocenters. The van der Waals surface area contributed by atoms with Gasteiger partial charge in [0, 0.05) is 19.7 Å². The molecule has 0 amide bonds. The minimum absolute atomic E-state index is 0.536. The molecule has 90 valence electrons. The van der Waals surface area contributed by atoms with Gasteiger partial charge in [0.1, 0.15) is 0 Å². The molecule has 1 rings (SSSR count). The normalized spacial score (nSPS) is 24.6. The third kappa shape index (κ3) is 5.50. The Kier molecular flexibility index (Phi) is 5.58. The lowest BCUT2D eigenvalue weighted by Crippen LogP contribution is -2.30. The zero-order valence-corrected chi connectivity index (χ0v) is 10.3. The highest BCUT2D eigenvalue weighted by atomic mass is 16.5. The van der Waals surface area contributed by atoms with Crippen molar-refractivity contribution in [2.45, 2.75) is 39.2 Å². The van der Waals surface area contributed by atoms with Gasteiger partial charge in [-0.05, 0) is 24.7 Å². The molecule has 0 radical (unpaired) electrons. The molecular formula is C12H25NO2. The average Bonchev–Trinajstić information content (AvgIpc) is 2.52. The first-order valence-electron chi connectivity index (χ1n) is 5.94. The Hall–Kier alpha value is -0.120. The van der Waals surface area contributed by atoms with Gasteiger partial charge in [-0.15, -0.1) is 0 Å². The van der Waals surface area contributed by atoms with Crippen LogP contribution in [0.2, 0.25) is 0 Å². The van der Waals surface area contributed by atoms with Crippen LogP contribution in [0.15, 0.2) is 0 Å². The second-order valence-corrected chi connectivity index (χ2v) is 5.16. The Labute approximate surface area is 93.5 Å². The number of rotatable bonds is 7. The largest absolute Gasteiger partial charge is 0.382 e. The minimum Gasteiger partial charge on any atom is -0.382 e. The summed E-state index contributed by atoms with van der Waals surface area (Å²) < 4.78 is 10.3. The maximum atomic E-state index is 5.40. The van der Waals surface area contributed by atoms with Gasteiger partial charge in [0.05, 0.1) is 19.8 Å². The van der Waals surface area contributed by atoms with Gasteiger partial charge in [0.15, 0.2) is 0 Å². The molecule has 0 aromatic carbocycles. The van der Waals surface area contributed by atoms with Crippen molar-refractivity contribution >= 4 is 0 Å². The molecule has 1 aliphatic rings. The summed E-state index contributed by atoms with van der Waals surface area (Å²) in [5, 5.41) is 3.55. The number of hydrogen-bond donors (Lipinski definition) is 1. The zero-order chi connectivity index (χ0) is 11.1. The van der Waals surface area contributed by atoms with E-state index in [4.69, 9.17) is 9.47 Å². The van der Waals surface area contributed by atoms with E-state index in [2.05, 4.69) is 19.2 Å².